The molecule has 0 radical (unpaired) electrons. The van der Waals surface area contributed by atoms with Crippen LogP contribution in [0.15, 0.2) is 0 Å². The summed E-state index contributed by atoms with van der Waals surface area (Å²) in [5.41, 5.74) is 0. The third-order valence-electron chi connectivity index (χ3n) is 3.30. The summed E-state index contributed by atoms with van der Waals surface area (Å²) >= 11 is 0. The van der Waals surface area contributed by atoms with Gasteiger partial charge in [-0.15, -0.1) is 0 Å². The lowest BCUT2D eigenvalue weighted by Crippen LogP contribution is -2.37. The van der Waals surface area contributed by atoms with Crippen molar-refractivity contribution in [2.45, 2.75) is 33.6 Å². The van der Waals surface area contributed by atoms with Crippen LogP contribution in [0.25, 0.3) is 0 Å². The highest BCUT2D eigenvalue weighted by molar-refractivity contribution is 4.88. The second kappa shape index (κ2) is 5.36. The van der Waals surface area contributed by atoms with Crippen LogP contribution in [0, 0.1) is 29.1 Å². The minimum atomic E-state index is 0.211. The summed E-state index contributed by atoms with van der Waals surface area (Å²) in [5, 5.41) is 9.00. The van der Waals surface area contributed by atoms with Crippen LogP contribution >= 0.6 is 0 Å². The first kappa shape index (κ1) is 11.5. The van der Waals surface area contributed by atoms with E-state index in [4.69, 9.17) is 5.26 Å². The van der Waals surface area contributed by atoms with Gasteiger partial charge < -0.3 is 4.90 Å². The highest BCUT2D eigenvalue weighted by atomic mass is 15.1. The average molecular weight is 194 g/mol. The van der Waals surface area contributed by atoms with Crippen LogP contribution in [0.4, 0.5) is 0 Å². The molecule has 0 aliphatic carbocycles. The average Bonchev–Trinajstić information content (AvgIpc) is 2.16. The van der Waals surface area contributed by atoms with Gasteiger partial charge in [-0.1, -0.05) is 20.8 Å². The normalized spacial score (nSPS) is 22.2. The van der Waals surface area contributed by atoms with Crippen molar-refractivity contribution in [3.63, 3.8) is 0 Å². The predicted molar refractivity (Wildman–Crippen MR) is 58.8 cm³/mol. The maximum absolute atomic E-state index is 9.00. The van der Waals surface area contributed by atoms with Crippen LogP contribution in [-0.2, 0) is 0 Å². The first-order valence-electron chi connectivity index (χ1n) is 5.75. The molecule has 1 aliphatic rings. The van der Waals surface area contributed by atoms with E-state index < -0.39 is 0 Å². The Balaban J connectivity index is 2.33. The molecule has 1 aliphatic heterocycles. The number of rotatable bonds is 3. The van der Waals surface area contributed by atoms with E-state index in [0.29, 0.717) is 5.92 Å². The van der Waals surface area contributed by atoms with E-state index >= 15 is 0 Å². The molecule has 80 valence electrons. The second-order valence-corrected chi connectivity index (χ2v) is 4.96. The molecule has 0 amide bonds. The molecule has 1 unspecified atom stereocenters. The molecule has 1 heterocycles. The third kappa shape index (κ3) is 3.31. The lowest BCUT2D eigenvalue weighted by atomic mass is 9.94. The van der Waals surface area contributed by atoms with E-state index in [1.807, 2.05) is 0 Å². The van der Waals surface area contributed by atoms with Gasteiger partial charge >= 0.3 is 0 Å². The van der Waals surface area contributed by atoms with E-state index in [-0.39, 0.29) is 5.92 Å². The third-order valence-corrected chi connectivity index (χ3v) is 3.30. The molecule has 2 heteroatoms. The van der Waals surface area contributed by atoms with Crippen molar-refractivity contribution in [1.29, 1.82) is 5.26 Å². The van der Waals surface area contributed by atoms with E-state index in [1.165, 1.54) is 25.9 Å². The van der Waals surface area contributed by atoms with E-state index in [0.717, 1.165) is 12.5 Å². The number of hydrogen-bond acceptors (Lipinski definition) is 2. The molecule has 1 atom stereocenters. The summed E-state index contributed by atoms with van der Waals surface area (Å²) in [6.45, 7) is 9.95. The van der Waals surface area contributed by atoms with Gasteiger partial charge in [0.2, 0.25) is 0 Å². The molecule has 0 aromatic heterocycles. The Hall–Kier alpha value is -0.550. The van der Waals surface area contributed by atoms with Gasteiger partial charge in [0.25, 0.3) is 0 Å². The van der Waals surface area contributed by atoms with Crippen molar-refractivity contribution in [2.75, 3.05) is 19.6 Å². The van der Waals surface area contributed by atoms with Crippen molar-refractivity contribution >= 4 is 0 Å². The molecule has 1 rings (SSSR count). The first-order chi connectivity index (χ1) is 6.63. The zero-order chi connectivity index (χ0) is 10.6. The van der Waals surface area contributed by atoms with Gasteiger partial charge in [-0.05, 0) is 37.8 Å². The van der Waals surface area contributed by atoms with Crippen LogP contribution in [0.1, 0.15) is 33.6 Å². The summed E-state index contributed by atoms with van der Waals surface area (Å²) in [4.78, 5) is 2.45. The topological polar surface area (TPSA) is 27.0 Å². The van der Waals surface area contributed by atoms with Crippen molar-refractivity contribution in [3.8, 4) is 6.07 Å². The van der Waals surface area contributed by atoms with Crippen LogP contribution in [-0.4, -0.2) is 24.5 Å². The molecule has 14 heavy (non-hydrogen) atoms. The standard InChI is InChI=1S/C12H22N2/c1-10(2)12(8-13)9-14-6-4-11(3)5-7-14/h10-12H,4-7,9H2,1-3H3. The number of nitrogens with zero attached hydrogens (tertiary/aromatic N) is 2. The second-order valence-electron chi connectivity index (χ2n) is 4.96. The van der Waals surface area contributed by atoms with Crippen LogP contribution in [0.5, 0.6) is 0 Å². The maximum Gasteiger partial charge on any atom is 0.0672 e. The Labute approximate surface area is 87.9 Å². The maximum atomic E-state index is 9.00. The number of piperidine rings is 1. The predicted octanol–water partition coefficient (Wildman–Crippen LogP) is 2.51. The summed E-state index contributed by atoms with van der Waals surface area (Å²) in [5.74, 6) is 1.58. The fourth-order valence-corrected chi connectivity index (χ4v) is 1.92. The highest BCUT2D eigenvalue weighted by Crippen LogP contribution is 2.19. The largest absolute Gasteiger partial charge is 0.302 e. The molecule has 0 aromatic rings. The molecule has 2 nitrogen and oxygen atoms in total. The highest BCUT2D eigenvalue weighted by Gasteiger charge is 2.20. The van der Waals surface area contributed by atoms with Gasteiger partial charge in [-0.2, -0.15) is 5.26 Å². The van der Waals surface area contributed by atoms with Crippen molar-refractivity contribution in [1.82, 2.24) is 4.90 Å². The van der Waals surface area contributed by atoms with Crippen LogP contribution in [0.3, 0.4) is 0 Å². The van der Waals surface area contributed by atoms with Crippen LogP contribution in [0.2, 0.25) is 0 Å². The Morgan fingerprint density at radius 1 is 1.36 bits per heavy atom. The molecule has 0 saturated carbocycles. The zero-order valence-electron chi connectivity index (χ0n) is 9.66. The zero-order valence-corrected chi connectivity index (χ0v) is 9.66. The van der Waals surface area contributed by atoms with Crippen molar-refractivity contribution in [3.05, 3.63) is 0 Å². The smallest absolute Gasteiger partial charge is 0.0672 e. The van der Waals surface area contributed by atoms with Crippen molar-refractivity contribution < 1.29 is 0 Å². The van der Waals surface area contributed by atoms with Gasteiger partial charge in [0, 0.05) is 6.54 Å². The fraction of sp³-hybridized carbons (Fsp3) is 0.917. The summed E-state index contributed by atoms with van der Waals surface area (Å²) in [6, 6.07) is 2.42. The van der Waals surface area contributed by atoms with Gasteiger partial charge in [0.05, 0.1) is 12.0 Å². The SMILES string of the molecule is CC1CCN(CC(C#N)C(C)C)CC1. The molecule has 0 aromatic carbocycles. The first-order valence-corrected chi connectivity index (χ1v) is 5.75. The fourth-order valence-electron chi connectivity index (χ4n) is 1.92. The van der Waals surface area contributed by atoms with E-state index in [9.17, 15) is 0 Å². The number of likely N-dealkylation sites (tertiary alicyclic amines) is 1. The van der Waals surface area contributed by atoms with E-state index in [2.05, 4.69) is 31.7 Å². The lowest BCUT2D eigenvalue weighted by Gasteiger charge is -2.32. The molecule has 0 N–H and O–H groups in total. The Morgan fingerprint density at radius 2 is 1.93 bits per heavy atom. The summed E-state index contributed by atoms with van der Waals surface area (Å²) in [7, 11) is 0. The Morgan fingerprint density at radius 3 is 2.36 bits per heavy atom. The molecule has 0 bridgehead atoms. The molecule has 1 saturated heterocycles. The molecule has 1 fully saturated rings. The Kier molecular flexibility index (Phi) is 4.41. The van der Waals surface area contributed by atoms with Crippen molar-refractivity contribution in [2.24, 2.45) is 17.8 Å². The summed E-state index contributed by atoms with van der Waals surface area (Å²) < 4.78 is 0. The monoisotopic (exact) mass is 194 g/mol. The minimum absolute atomic E-state index is 0.211. The van der Waals surface area contributed by atoms with E-state index in [1.54, 1.807) is 0 Å². The molecular weight excluding hydrogens is 172 g/mol. The van der Waals surface area contributed by atoms with Gasteiger partial charge in [0.15, 0.2) is 0 Å². The van der Waals surface area contributed by atoms with Crippen LogP contribution < -0.4 is 0 Å². The quantitative estimate of drug-likeness (QED) is 0.690. The molecular formula is C12H22N2. The number of nitriles is 1. The van der Waals surface area contributed by atoms with Gasteiger partial charge in [-0.3, -0.25) is 0 Å². The lowest BCUT2D eigenvalue weighted by molar-refractivity contribution is 0.167. The molecule has 0 spiro atoms. The number of hydrogen-bond donors (Lipinski definition) is 0. The summed E-state index contributed by atoms with van der Waals surface area (Å²) in [6.07, 6.45) is 2.60. The van der Waals surface area contributed by atoms with Gasteiger partial charge in [-0.25, -0.2) is 0 Å². The van der Waals surface area contributed by atoms with Gasteiger partial charge in [0.1, 0.15) is 0 Å². The Bertz CT molecular complexity index is 197. The minimum Gasteiger partial charge on any atom is -0.302 e.